The average Bonchev–Trinajstić information content (AvgIpc) is 2.45. The molecule has 0 saturated carbocycles. The molecule has 0 atom stereocenters. The smallest absolute Gasteiger partial charge is 0.342 e. The molecule has 0 aliphatic rings. The molecule has 0 fully saturated rings. The highest BCUT2D eigenvalue weighted by Crippen LogP contribution is 2.29. The van der Waals surface area contributed by atoms with Gasteiger partial charge in [0.25, 0.3) is 0 Å². The third kappa shape index (κ3) is 3.30. The molecule has 0 aromatic heterocycles. The quantitative estimate of drug-likeness (QED) is 0.868. The Bertz CT molecular complexity index is 625. The highest BCUT2D eigenvalue weighted by molar-refractivity contribution is 9.10. The van der Waals surface area contributed by atoms with Gasteiger partial charge in [-0.2, -0.15) is 0 Å². The fraction of sp³-hybridized carbons (Fsp3) is 0.133. The first-order valence-electron chi connectivity index (χ1n) is 5.89. The molecule has 0 heterocycles. The minimum atomic E-state index is -0.596. The van der Waals surface area contributed by atoms with Crippen LogP contribution in [0, 0.1) is 0 Å². The van der Waals surface area contributed by atoms with Gasteiger partial charge in [-0.3, -0.25) is 0 Å². The normalized spacial score (nSPS) is 10.1. The number of carbonyl (C=O) groups is 1. The Morgan fingerprint density at radius 2 is 2.00 bits per heavy atom. The number of phenols is 1. The molecule has 2 aromatic carbocycles. The number of esters is 1. The minimum Gasteiger partial charge on any atom is -0.504 e. The Kier molecular flexibility index (Phi) is 4.63. The monoisotopic (exact) mass is 336 g/mol. The van der Waals surface area contributed by atoms with Gasteiger partial charge in [-0.15, -0.1) is 0 Å². The number of benzene rings is 2. The van der Waals surface area contributed by atoms with Gasteiger partial charge in [-0.25, -0.2) is 4.79 Å². The van der Waals surface area contributed by atoms with Crippen LogP contribution in [-0.4, -0.2) is 18.2 Å². The van der Waals surface area contributed by atoms with Crippen LogP contribution in [-0.2, 0) is 11.3 Å². The first-order valence-corrected chi connectivity index (χ1v) is 6.68. The fourth-order valence-corrected chi connectivity index (χ4v) is 2.15. The molecule has 0 amide bonds. The van der Waals surface area contributed by atoms with Crippen molar-refractivity contribution in [3.63, 3.8) is 0 Å². The number of rotatable bonds is 4. The maximum Gasteiger partial charge on any atom is 0.342 e. The first kappa shape index (κ1) is 14.4. The van der Waals surface area contributed by atoms with Crippen molar-refractivity contribution in [3.05, 3.63) is 58.1 Å². The number of halogens is 1. The number of carbonyl (C=O) groups excluding carboxylic acids is 1. The summed E-state index contributed by atoms with van der Waals surface area (Å²) in [7, 11) is 1.42. The van der Waals surface area contributed by atoms with Crippen LogP contribution in [0.25, 0.3) is 0 Å². The number of hydrogen-bond acceptors (Lipinski definition) is 4. The van der Waals surface area contributed by atoms with Crippen molar-refractivity contribution in [2.45, 2.75) is 6.61 Å². The van der Waals surface area contributed by atoms with Crippen LogP contribution < -0.4 is 4.74 Å². The second-order valence-corrected chi connectivity index (χ2v) is 4.98. The molecule has 1 N–H and O–H groups in total. The molecular weight excluding hydrogens is 324 g/mol. The van der Waals surface area contributed by atoms with E-state index in [4.69, 9.17) is 9.47 Å². The summed E-state index contributed by atoms with van der Waals surface area (Å²) in [5, 5.41) is 9.87. The van der Waals surface area contributed by atoms with Gasteiger partial charge >= 0.3 is 5.97 Å². The van der Waals surface area contributed by atoms with Crippen LogP contribution in [0.5, 0.6) is 11.5 Å². The van der Waals surface area contributed by atoms with Crippen molar-refractivity contribution in [3.8, 4) is 11.5 Å². The standard InChI is InChI=1S/C15H13BrO4/c1-19-13-7-3-6-12(14(13)17)15(18)20-9-10-4-2-5-11(16)8-10/h2-8,17H,9H2,1H3. The zero-order chi connectivity index (χ0) is 14.5. The highest BCUT2D eigenvalue weighted by Gasteiger charge is 2.16. The third-order valence-corrected chi connectivity index (χ3v) is 3.19. The van der Waals surface area contributed by atoms with E-state index in [1.54, 1.807) is 12.1 Å². The lowest BCUT2D eigenvalue weighted by atomic mass is 10.2. The van der Waals surface area contributed by atoms with Crippen molar-refractivity contribution in [2.75, 3.05) is 7.11 Å². The lowest BCUT2D eigenvalue weighted by molar-refractivity contribution is 0.0468. The highest BCUT2D eigenvalue weighted by atomic mass is 79.9. The predicted molar refractivity (Wildman–Crippen MR) is 77.9 cm³/mol. The number of phenolic OH excluding ortho intramolecular Hbond substituents is 1. The Morgan fingerprint density at radius 3 is 2.70 bits per heavy atom. The summed E-state index contributed by atoms with van der Waals surface area (Å²) >= 11 is 3.35. The van der Waals surface area contributed by atoms with E-state index in [-0.39, 0.29) is 23.7 Å². The summed E-state index contributed by atoms with van der Waals surface area (Å²) in [6.07, 6.45) is 0. The lowest BCUT2D eigenvalue weighted by Gasteiger charge is -2.09. The summed E-state index contributed by atoms with van der Waals surface area (Å²) in [4.78, 5) is 11.9. The Balaban J connectivity index is 2.09. The van der Waals surface area contributed by atoms with Crippen LogP contribution in [0.2, 0.25) is 0 Å². The molecule has 0 spiro atoms. The number of para-hydroxylation sites is 1. The second kappa shape index (κ2) is 6.43. The largest absolute Gasteiger partial charge is 0.504 e. The SMILES string of the molecule is COc1cccc(C(=O)OCc2cccc(Br)c2)c1O. The van der Waals surface area contributed by atoms with Gasteiger partial charge in [0.05, 0.1) is 7.11 Å². The van der Waals surface area contributed by atoms with Gasteiger partial charge in [-0.05, 0) is 29.8 Å². The Hall–Kier alpha value is -2.01. The molecular formula is C15H13BrO4. The molecule has 20 heavy (non-hydrogen) atoms. The van der Waals surface area contributed by atoms with E-state index in [1.807, 2.05) is 24.3 Å². The van der Waals surface area contributed by atoms with E-state index in [0.29, 0.717) is 0 Å². The summed E-state index contributed by atoms with van der Waals surface area (Å²) in [5.74, 6) is -0.572. The molecule has 5 heteroatoms. The van der Waals surface area contributed by atoms with Crippen molar-refractivity contribution in [1.29, 1.82) is 0 Å². The van der Waals surface area contributed by atoms with Crippen molar-refractivity contribution in [1.82, 2.24) is 0 Å². The van der Waals surface area contributed by atoms with E-state index < -0.39 is 5.97 Å². The van der Waals surface area contributed by atoms with Gasteiger partial charge in [-0.1, -0.05) is 34.1 Å². The summed E-state index contributed by atoms with van der Waals surface area (Å²) in [6, 6.07) is 12.1. The molecule has 0 aliphatic carbocycles. The fourth-order valence-electron chi connectivity index (χ4n) is 1.71. The minimum absolute atomic E-state index is 0.0827. The van der Waals surface area contributed by atoms with Gasteiger partial charge in [0, 0.05) is 4.47 Å². The van der Waals surface area contributed by atoms with Crippen molar-refractivity contribution in [2.24, 2.45) is 0 Å². The number of methoxy groups -OCH3 is 1. The van der Waals surface area contributed by atoms with Crippen molar-refractivity contribution >= 4 is 21.9 Å². The molecule has 0 aliphatic heterocycles. The Labute approximate surface area is 125 Å². The molecule has 0 saturated heterocycles. The first-order chi connectivity index (χ1) is 9.61. The average molecular weight is 337 g/mol. The lowest BCUT2D eigenvalue weighted by Crippen LogP contribution is -2.06. The number of hydrogen-bond donors (Lipinski definition) is 1. The van der Waals surface area contributed by atoms with Gasteiger partial charge < -0.3 is 14.6 Å². The third-order valence-electron chi connectivity index (χ3n) is 2.70. The van der Waals surface area contributed by atoms with Crippen LogP contribution in [0.1, 0.15) is 15.9 Å². The van der Waals surface area contributed by atoms with E-state index >= 15 is 0 Å². The van der Waals surface area contributed by atoms with Crippen LogP contribution in [0.3, 0.4) is 0 Å². The van der Waals surface area contributed by atoms with Crippen molar-refractivity contribution < 1.29 is 19.4 Å². The molecule has 4 nitrogen and oxygen atoms in total. The number of ether oxygens (including phenoxy) is 2. The zero-order valence-corrected chi connectivity index (χ0v) is 12.4. The summed E-state index contributed by atoms with van der Waals surface area (Å²) < 4.78 is 11.0. The van der Waals surface area contributed by atoms with E-state index in [1.165, 1.54) is 13.2 Å². The topological polar surface area (TPSA) is 55.8 Å². The molecule has 0 radical (unpaired) electrons. The maximum atomic E-state index is 11.9. The van der Waals surface area contributed by atoms with Crippen LogP contribution >= 0.6 is 15.9 Å². The molecule has 2 rings (SSSR count). The number of aromatic hydroxyl groups is 1. The molecule has 104 valence electrons. The predicted octanol–water partition coefficient (Wildman–Crippen LogP) is 3.52. The molecule has 0 unspecified atom stereocenters. The van der Waals surface area contributed by atoms with Gasteiger partial charge in [0.15, 0.2) is 11.5 Å². The summed E-state index contributed by atoms with van der Waals surface area (Å²) in [6.45, 7) is 0.134. The van der Waals surface area contributed by atoms with Crippen LogP contribution in [0.15, 0.2) is 46.9 Å². The Morgan fingerprint density at radius 1 is 1.25 bits per heavy atom. The second-order valence-electron chi connectivity index (χ2n) is 4.06. The zero-order valence-electron chi connectivity index (χ0n) is 10.8. The molecule has 0 bridgehead atoms. The van der Waals surface area contributed by atoms with Gasteiger partial charge in [0.1, 0.15) is 12.2 Å². The van der Waals surface area contributed by atoms with Gasteiger partial charge in [0.2, 0.25) is 0 Å². The summed E-state index contributed by atoms with van der Waals surface area (Å²) in [5.41, 5.74) is 0.939. The van der Waals surface area contributed by atoms with E-state index in [9.17, 15) is 9.90 Å². The molecule has 2 aromatic rings. The van der Waals surface area contributed by atoms with E-state index in [2.05, 4.69) is 15.9 Å². The van der Waals surface area contributed by atoms with E-state index in [0.717, 1.165) is 10.0 Å². The maximum absolute atomic E-state index is 11.9. The van der Waals surface area contributed by atoms with Crippen LogP contribution in [0.4, 0.5) is 0 Å².